The van der Waals surface area contributed by atoms with Crippen LogP contribution in [0.4, 0.5) is 17.6 Å². The second-order valence-electron chi connectivity index (χ2n) is 11.3. The molecule has 0 amide bonds. The molecule has 0 bridgehead atoms. The first-order chi connectivity index (χ1) is 20.1. The molecule has 0 spiro atoms. The monoisotopic (exact) mass is 604 g/mol. The molecule has 0 aliphatic heterocycles. The van der Waals surface area contributed by atoms with Crippen LogP contribution in [0.5, 0.6) is 0 Å². The van der Waals surface area contributed by atoms with Crippen molar-refractivity contribution in [2.45, 2.75) is 75.3 Å². The molecule has 1 saturated carbocycles. The maximum absolute atomic E-state index is 13.7. The lowest BCUT2D eigenvalue weighted by atomic mass is 9.76. The zero-order valence-electron chi connectivity index (χ0n) is 24.0. The minimum atomic E-state index is -4.54. The van der Waals surface area contributed by atoms with Crippen molar-refractivity contribution in [3.05, 3.63) is 106 Å². The van der Waals surface area contributed by atoms with Crippen LogP contribution < -0.4 is 10.0 Å². The Kier molecular flexibility index (Phi) is 11.2. The number of halogens is 4. The predicted octanol–water partition coefficient (Wildman–Crippen LogP) is 7.39. The van der Waals surface area contributed by atoms with Gasteiger partial charge in [-0.25, -0.2) is 17.5 Å². The summed E-state index contributed by atoms with van der Waals surface area (Å²) in [4.78, 5) is 0. The van der Waals surface area contributed by atoms with E-state index in [2.05, 4.69) is 35.6 Å². The average Bonchev–Trinajstić information content (AvgIpc) is 2.97. The van der Waals surface area contributed by atoms with E-state index >= 15 is 0 Å². The lowest BCUT2D eigenvalue weighted by molar-refractivity contribution is -0.138. The highest BCUT2D eigenvalue weighted by Crippen LogP contribution is 2.36. The summed E-state index contributed by atoms with van der Waals surface area (Å²) < 4.78 is 75.6. The summed E-state index contributed by atoms with van der Waals surface area (Å²) in [6.45, 7) is 1.15. The molecule has 4 nitrogen and oxygen atoms in total. The Morgan fingerprint density at radius 3 is 2.26 bits per heavy atom. The Labute approximate surface area is 247 Å². The van der Waals surface area contributed by atoms with Crippen LogP contribution in [0.25, 0.3) is 0 Å². The number of nitrogens with one attached hydrogen (secondary N) is 2. The largest absolute Gasteiger partial charge is 0.416 e. The molecule has 2 atom stereocenters. The van der Waals surface area contributed by atoms with Crippen LogP contribution in [-0.2, 0) is 34.8 Å². The van der Waals surface area contributed by atoms with Gasteiger partial charge in [-0.05, 0) is 92.1 Å². The molecule has 0 aromatic heterocycles. The van der Waals surface area contributed by atoms with E-state index in [1.807, 2.05) is 10.8 Å². The van der Waals surface area contributed by atoms with Gasteiger partial charge in [-0.1, -0.05) is 73.9 Å². The van der Waals surface area contributed by atoms with Crippen molar-refractivity contribution in [2.24, 2.45) is 5.92 Å². The number of hydrogen-bond acceptors (Lipinski definition) is 3. The summed E-state index contributed by atoms with van der Waals surface area (Å²) in [7, 11) is -2.55. The topological polar surface area (TPSA) is 58.2 Å². The fourth-order valence-corrected chi connectivity index (χ4v) is 6.96. The van der Waals surface area contributed by atoms with Crippen molar-refractivity contribution in [3.8, 4) is 0 Å². The van der Waals surface area contributed by atoms with E-state index in [4.69, 9.17) is 0 Å². The number of alkyl halides is 3. The second-order valence-corrected chi connectivity index (χ2v) is 13.2. The van der Waals surface area contributed by atoms with Gasteiger partial charge in [0, 0.05) is 12.0 Å². The Morgan fingerprint density at radius 2 is 1.57 bits per heavy atom. The highest BCUT2D eigenvalue weighted by Gasteiger charge is 2.34. The summed E-state index contributed by atoms with van der Waals surface area (Å²) >= 11 is 0. The Bertz CT molecular complexity index is 1390. The van der Waals surface area contributed by atoms with Gasteiger partial charge in [0.1, 0.15) is 5.82 Å². The van der Waals surface area contributed by atoms with Crippen LogP contribution in [0.2, 0.25) is 0 Å². The number of fused-ring (bicyclic) bond motifs is 1. The third-order valence-corrected chi connectivity index (χ3v) is 9.70. The summed E-state index contributed by atoms with van der Waals surface area (Å²) in [5, 5.41) is 3.92. The van der Waals surface area contributed by atoms with E-state index in [-0.39, 0.29) is 11.4 Å². The van der Waals surface area contributed by atoms with E-state index in [1.165, 1.54) is 60.9 Å². The minimum absolute atomic E-state index is 0.101. The van der Waals surface area contributed by atoms with E-state index < -0.39 is 27.5 Å². The molecule has 228 valence electrons. The number of aryl methyl sites for hydroxylation is 1. The van der Waals surface area contributed by atoms with Gasteiger partial charge in [0.2, 0.25) is 10.0 Å². The normalized spacial score (nSPS) is 19.5. The van der Waals surface area contributed by atoms with Crippen LogP contribution in [-0.4, -0.2) is 28.1 Å². The van der Waals surface area contributed by atoms with E-state index in [1.54, 1.807) is 12.1 Å². The summed E-state index contributed by atoms with van der Waals surface area (Å²) in [6.07, 6.45) is 5.55. The van der Waals surface area contributed by atoms with Gasteiger partial charge in [0.05, 0.1) is 11.3 Å². The molecule has 9 heteroatoms. The van der Waals surface area contributed by atoms with Crippen LogP contribution in [0.3, 0.4) is 0 Å². The molecule has 2 aliphatic carbocycles. The second kappa shape index (κ2) is 14.6. The smallest absolute Gasteiger partial charge is 0.313 e. The van der Waals surface area contributed by atoms with Crippen LogP contribution in [0.15, 0.2) is 72.8 Å². The lowest BCUT2D eigenvalue weighted by Crippen LogP contribution is -2.41. The maximum Gasteiger partial charge on any atom is 0.416 e. The highest BCUT2D eigenvalue weighted by molar-refractivity contribution is 7.88. The molecule has 0 saturated heterocycles. The molecule has 1 fully saturated rings. The van der Waals surface area contributed by atoms with Crippen molar-refractivity contribution in [1.29, 1.82) is 0 Å². The number of hydrogen-bond donors (Lipinski definition) is 2. The van der Waals surface area contributed by atoms with Gasteiger partial charge in [-0.15, -0.1) is 0 Å². The molecule has 42 heavy (non-hydrogen) atoms. The molecule has 2 N–H and O–H groups in total. The number of sulfonamides is 1. The van der Waals surface area contributed by atoms with Gasteiger partial charge in [-0.3, -0.25) is 0 Å². The first-order valence-electron chi connectivity index (χ1n) is 14.7. The zero-order valence-corrected chi connectivity index (χ0v) is 24.8. The zero-order chi connectivity index (χ0) is 30.2. The fraction of sp³-hybridized carbons (Fsp3) is 0.455. The van der Waals surface area contributed by atoms with Gasteiger partial charge >= 0.3 is 6.18 Å². The van der Waals surface area contributed by atoms with Gasteiger partial charge in [0.15, 0.2) is 0 Å². The molecule has 2 aliphatic rings. The quantitative estimate of drug-likeness (QED) is 0.264. The van der Waals surface area contributed by atoms with Crippen molar-refractivity contribution in [3.63, 3.8) is 0 Å². The van der Waals surface area contributed by atoms with Crippen molar-refractivity contribution < 1.29 is 26.0 Å². The van der Waals surface area contributed by atoms with E-state index in [9.17, 15) is 26.0 Å². The molecule has 2 unspecified atom stereocenters. The summed E-state index contributed by atoms with van der Waals surface area (Å²) in [6, 6.07) is 21.3. The molecular weight excluding hydrogens is 564 g/mol. The molecular formula is C33H40F4N2O2S. The van der Waals surface area contributed by atoms with Gasteiger partial charge in [-0.2, -0.15) is 13.2 Å². The Balaban J connectivity index is 0.000000219. The predicted molar refractivity (Wildman–Crippen MR) is 159 cm³/mol. The third kappa shape index (κ3) is 9.12. The first-order valence-corrected chi connectivity index (χ1v) is 16.3. The van der Waals surface area contributed by atoms with Crippen LogP contribution >= 0.6 is 0 Å². The van der Waals surface area contributed by atoms with E-state index in [0.717, 1.165) is 50.9 Å². The minimum Gasteiger partial charge on any atom is -0.313 e. The van der Waals surface area contributed by atoms with Crippen molar-refractivity contribution in [1.82, 2.24) is 10.0 Å². The van der Waals surface area contributed by atoms with Gasteiger partial charge in [0.25, 0.3) is 0 Å². The summed E-state index contributed by atoms with van der Waals surface area (Å²) in [5.41, 5.74) is 2.75. The fourth-order valence-electron chi connectivity index (χ4n) is 6.15. The van der Waals surface area contributed by atoms with E-state index in [0.29, 0.717) is 12.0 Å². The Morgan fingerprint density at radius 1 is 0.881 bits per heavy atom. The standard InChI is InChI=1S/C24H30FN.C9H10F3NO2S/c25-21-12-13-22-20(16-21)11-14-24(26-17-19-9-5-2-6-10-19)23(22)15-18-7-3-1-4-8-18;1-13-16(14,15)6-7-4-2-3-5-8(7)9(10,11)12/h1,3-4,7-8,12-13,16,19,23-24,26H,2,5-6,9-11,14-15,17H2;2-5,13H,6H2,1H3. The first kappa shape index (κ1) is 32.2. The van der Waals surface area contributed by atoms with Crippen LogP contribution in [0.1, 0.15) is 72.3 Å². The van der Waals surface area contributed by atoms with Gasteiger partial charge < -0.3 is 5.32 Å². The molecule has 3 aromatic carbocycles. The molecule has 3 aromatic rings. The van der Waals surface area contributed by atoms with Crippen LogP contribution in [0, 0.1) is 11.7 Å². The molecule has 0 radical (unpaired) electrons. The maximum atomic E-state index is 13.7. The lowest BCUT2D eigenvalue weighted by Gasteiger charge is -2.36. The Hall–Kier alpha value is -2.75. The van der Waals surface area contributed by atoms with Crippen molar-refractivity contribution >= 4 is 10.0 Å². The molecule has 0 heterocycles. The average molecular weight is 605 g/mol. The van der Waals surface area contributed by atoms with Crippen molar-refractivity contribution in [2.75, 3.05) is 13.6 Å². The summed E-state index contributed by atoms with van der Waals surface area (Å²) in [5.74, 6) is 0.496. The highest BCUT2D eigenvalue weighted by atomic mass is 32.2. The molecule has 5 rings (SSSR count). The number of rotatable bonds is 8. The third-order valence-electron chi connectivity index (χ3n) is 8.39. The number of benzene rings is 3. The SMILES string of the molecule is CNS(=O)(=O)Cc1ccccc1C(F)(F)F.Fc1ccc2c(c1)CCC(NCC1CCCCC1)C2Cc1ccccc1.